The Kier molecular flexibility index (Phi) is 4.35. The molecule has 0 amide bonds. The van der Waals surface area contributed by atoms with Gasteiger partial charge in [-0.3, -0.25) is 0 Å². The third kappa shape index (κ3) is 3.33. The van der Waals surface area contributed by atoms with E-state index in [0.717, 1.165) is 23.7 Å². The first kappa shape index (κ1) is 12.6. The Morgan fingerprint density at radius 1 is 1.17 bits per heavy atom. The monoisotopic (exact) mass is 258 g/mol. The van der Waals surface area contributed by atoms with Crippen molar-refractivity contribution in [1.29, 1.82) is 5.26 Å². The van der Waals surface area contributed by atoms with Gasteiger partial charge in [0.25, 0.3) is 0 Å². The highest BCUT2D eigenvalue weighted by Gasteiger charge is 1.99. The second-order valence-electron chi connectivity index (χ2n) is 3.83. The average molecular weight is 258 g/mol. The average Bonchev–Trinajstić information content (AvgIpc) is 2.87. The van der Waals surface area contributed by atoms with Gasteiger partial charge in [0.1, 0.15) is 16.7 Å². The number of nitrogens with one attached hydrogen (secondary N) is 1. The first-order chi connectivity index (χ1) is 8.81. The van der Waals surface area contributed by atoms with E-state index < -0.39 is 0 Å². The van der Waals surface area contributed by atoms with Gasteiger partial charge in [-0.1, -0.05) is 12.1 Å². The zero-order valence-corrected chi connectivity index (χ0v) is 11.0. The lowest BCUT2D eigenvalue weighted by Gasteiger charge is -2.04. The molecule has 0 spiro atoms. The third-order valence-electron chi connectivity index (χ3n) is 2.56. The topological polar surface area (TPSA) is 45.0 Å². The Morgan fingerprint density at radius 3 is 2.56 bits per heavy atom. The molecule has 1 heterocycles. The minimum atomic E-state index is 0.760. The van der Waals surface area contributed by atoms with E-state index in [2.05, 4.69) is 11.4 Å². The number of methoxy groups -OCH3 is 1. The SMILES string of the molecule is COc1ccc(CNCc2ccc(C#N)s2)cc1. The zero-order chi connectivity index (χ0) is 12.8. The highest BCUT2D eigenvalue weighted by Crippen LogP contribution is 2.15. The number of nitrogens with zero attached hydrogens (tertiary/aromatic N) is 1. The van der Waals surface area contributed by atoms with Gasteiger partial charge in [-0.25, -0.2) is 0 Å². The molecule has 92 valence electrons. The number of hydrogen-bond donors (Lipinski definition) is 1. The molecule has 1 aromatic heterocycles. The fraction of sp³-hybridized carbons (Fsp3) is 0.214. The Hall–Kier alpha value is -1.83. The molecule has 0 saturated carbocycles. The van der Waals surface area contributed by atoms with Crippen LogP contribution in [-0.2, 0) is 13.1 Å². The summed E-state index contributed by atoms with van der Waals surface area (Å²) in [6.45, 7) is 1.60. The summed E-state index contributed by atoms with van der Waals surface area (Å²) >= 11 is 1.53. The maximum Gasteiger partial charge on any atom is 0.118 e. The highest BCUT2D eigenvalue weighted by atomic mass is 32.1. The minimum absolute atomic E-state index is 0.760. The Balaban J connectivity index is 1.82. The summed E-state index contributed by atoms with van der Waals surface area (Å²) in [5.41, 5.74) is 1.22. The lowest BCUT2D eigenvalue weighted by Crippen LogP contribution is -2.11. The van der Waals surface area contributed by atoms with Crippen LogP contribution >= 0.6 is 11.3 Å². The highest BCUT2D eigenvalue weighted by molar-refractivity contribution is 7.12. The first-order valence-electron chi connectivity index (χ1n) is 5.64. The van der Waals surface area contributed by atoms with Gasteiger partial charge in [0.2, 0.25) is 0 Å². The standard InChI is InChI=1S/C14H14N2OS/c1-17-12-4-2-11(3-5-12)9-16-10-14-7-6-13(8-15)18-14/h2-7,16H,9-10H2,1H3. The Labute approximate surface area is 111 Å². The van der Waals surface area contributed by atoms with Gasteiger partial charge in [0.05, 0.1) is 7.11 Å². The molecule has 18 heavy (non-hydrogen) atoms. The fourth-order valence-corrected chi connectivity index (χ4v) is 2.38. The van der Waals surface area contributed by atoms with Crippen LogP contribution in [0, 0.1) is 11.3 Å². The Morgan fingerprint density at radius 2 is 1.94 bits per heavy atom. The lowest BCUT2D eigenvalue weighted by atomic mass is 10.2. The van der Waals surface area contributed by atoms with Crippen LogP contribution < -0.4 is 10.1 Å². The van der Waals surface area contributed by atoms with Crippen LogP contribution in [0.4, 0.5) is 0 Å². The quantitative estimate of drug-likeness (QED) is 0.897. The van der Waals surface area contributed by atoms with E-state index in [4.69, 9.17) is 10.00 Å². The van der Waals surface area contributed by atoms with Gasteiger partial charge in [-0.15, -0.1) is 11.3 Å². The predicted octanol–water partition coefficient (Wildman–Crippen LogP) is 2.92. The van der Waals surface area contributed by atoms with E-state index in [1.165, 1.54) is 21.8 Å². The molecule has 1 aromatic carbocycles. The van der Waals surface area contributed by atoms with E-state index in [9.17, 15) is 0 Å². The molecule has 2 aromatic rings. The maximum absolute atomic E-state index is 8.73. The smallest absolute Gasteiger partial charge is 0.118 e. The number of ether oxygens (including phenoxy) is 1. The summed E-state index contributed by atoms with van der Waals surface area (Å²) in [5, 5.41) is 12.1. The van der Waals surface area contributed by atoms with Gasteiger partial charge in [0, 0.05) is 18.0 Å². The van der Waals surface area contributed by atoms with Crippen LogP contribution in [0.5, 0.6) is 5.75 Å². The van der Waals surface area contributed by atoms with Gasteiger partial charge < -0.3 is 10.1 Å². The summed E-state index contributed by atoms with van der Waals surface area (Å²) in [7, 11) is 1.66. The molecule has 0 aliphatic carbocycles. The van der Waals surface area contributed by atoms with E-state index >= 15 is 0 Å². The normalized spacial score (nSPS) is 10.0. The molecule has 0 fully saturated rings. The minimum Gasteiger partial charge on any atom is -0.497 e. The van der Waals surface area contributed by atoms with Crippen LogP contribution in [0.1, 0.15) is 15.3 Å². The maximum atomic E-state index is 8.73. The Bertz CT molecular complexity index is 540. The van der Waals surface area contributed by atoms with Crippen molar-refractivity contribution in [3.8, 4) is 11.8 Å². The fourth-order valence-electron chi connectivity index (χ4n) is 1.61. The second kappa shape index (κ2) is 6.20. The van der Waals surface area contributed by atoms with Crippen molar-refractivity contribution in [2.45, 2.75) is 13.1 Å². The second-order valence-corrected chi connectivity index (χ2v) is 5.00. The first-order valence-corrected chi connectivity index (χ1v) is 6.46. The van der Waals surface area contributed by atoms with Crippen LogP contribution in [0.15, 0.2) is 36.4 Å². The van der Waals surface area contributed by atoms with Crippen LogP contribution in [0.2, 0.25) is 0 Å². The summed E-state index contributed by atoms with van der Waals surface area (Å²) in [6.07, 6.45) is 0. The number of benzene rings is 1. The predicted molar refractivity (Wildman–Crippen MR) is 72.6 cm³/mol. The number of rotatable bonds is 5. The summed E-state index contributed by atoms with van der Waals surface area (Å²) in [4.78, 5) is 1.94. The third-order valence-corrected chi connectivity index (χ3v) is 3.55. The number of hydrogen-bond acceptors (Lipinski definition) is 4. The van der Waals surface area contributed by atoms with Crippen molar-refractivity contribution < 1.29 is 4.74 Å². The van der Waals surface area contributed by atoms with Crippen LogP contribution in [0.25, 0.3) is 0 Å². The van der Waals surface area contributed by atoms with Gasteiger partial charge in [0.15, 0.2) is 0 Å². The van der Waals surface area contributed by atoms with E-state index in [1.807, 2.05) is 36.4 Å². The molecule has 2 rings (SSSR count). The van der Waals surface area contributed by atoms with Gasteiger partial charge >= 0.3 is 0 Å². The molecule has 0 bridgehead atoms. The largest absolute Gasteiger partial charge is 0.497 e. The molecule has 0 unspecified atom stereocenters. The molecule has 0 aliphatic heterocycles. The molecule has 0 radical (unpaired) electrons. The summed E-state index contributed by atoms with van der Waals surface area (Å²) < 4.78 is 5.11. The molecule has 0 saturated heterocycles. The van der Waals surface area contributed by atoms with Crippen molar-refractivity contribution >= 4 is 11.3 Å². The number of thiophene rings is 1. The molecule has 3 nitrogen and oxygen atoms in total. The summed E-state index contributed by atoms with van der Waals surface area (Å²) in [6, 6.07) is 14.0. The molecule has 4 heteroatoms. The lowest BCUT2D eigenvalue weighted by molar-refractivity contribution is 0.414. The zero-order valence-electron chi connectivity index (χ0n) is 10.1. The van der Waals surface area contributed by atoms with Crippen LogP contribution in [-0.4, -0.2) is 7.11 Å². The molecule has 0 atom stereocenters. The summed E-state index contributed by atoms with van der Waals surface area (Å²) in [5.74, 6) is 0.871. The van der Waals surface area contributed by atoms with Gasteiger partial charge in [-0.05, 0) is 29.8 Å². The van der Waals surface area contributed by atoms with Crippen molar-refractivity contribution in [1.82, 2.24) is 5.32 Å². The van der Waals surface area contributed by atoms with Crippen LogP contribution in [0.3, 0.4) is 0 Å². The van der Waals surface area contributed by atoms with Gasteiger partial charge in [-0.2, -0.15) is 5.26 Å². The van der Waals surface area contributed by atoms with Crippen molar-refractivity contribution in [3.63, 3.8) is 0 Å². The molecular weight excluding hydrogens is 244 g/mol. The van der Waals surface area contributed by atoms with E-state index in [0.29, 0.717) is 0 Å². The van der Waals surface area contributed by atoms with Crippen molar-refractivity contribution in [3.05, 3.63) is 51.7 Å². The molecular formula is C14H14N2OS. The van der Waals surface area contributed by atoms with E-state index in [-0.39, 0.29) is 0 Å². The number of nitriles is 1. The van der Waals surface area contributed by atoms with Crippen molar-refractivity contribution in [2.75, 3.05) is 7.11 Å². The van der Waals surface area contributed by atoms with E-state index in [1.54, 1.807) is 7.11 Å². The molecule has 0 aliphatic rings. The molecule has 1 N–H and O–H groups in total. The van der Waals surface area contributed by atoms with Crippen molar-refractivity contribution in [2.24, 2.45) is 0 Å².